The van der Waals surface area contributed by atoms with Crippen LogP contribution < -0.4 is 11.3 Å². The van der Waals surface area contributed by atoms with Crippen molar-refractivity contribution in [3.8, 4) is 0 Å². The second-order valence-corrected chi connectivity index (χ2v) is 7.12. The van der Waals surface area contributed by atoms with Gasteiger partial charge in [0.15, 0.2) is 0 Å². The summed E-state index contributed by atoms with van der Waals surface area (Å²) in [7, 11) is 0. The number of hydrogen-bond donors (Lipinski definition) is 2. The predicted octanol–water partition coefficient (Wildman–Crippen LogP) is 3.87. The highest BCUT2D eigenvalue weighted by molar-refractivity contribution is 14.1. The van der Waals surface area contributed by atoms with Gasteiger partial charge < -0.3 is 0 Å². The molecule has 1 saturated carbocycles. The van der Waals surface area contributed by atoms with E-state index >= 15 is 0 Å². The Morgan fingerprint density at radius 3 is 2.44 bits per heavy atom. The molecular formula is C15H23IN2. The van der Waals surface area contributed by atoms with Gasteiger partial charge in [0.05, 0.1) is 0 Å². The van der Waals surface area contributed by atoms with E-state index in [1.165, 1.54) is 28.4 Å². The van der Waals surface area contributed by atoms with Gasteiger partial charge in [-0.3, -0.25) is 11.3 Å². The zero-order valence-electron chi connectivity index (χ0n) is 11.2. The predicted molar refractivity (Wildman–Crippen MR) is 84.9 cm³/mol. The first-order chi connectivity index (χ1) is 8.60. The maximum absolute atomic E-state index is 5.82. The molecule has 3 N–H and O–H groups in total. The molecule has 100 valence electrons. The first-order valence-corrected chi connectivity index (χ1v) is 7.89. The number of nitrogens with two attached hydrogens (primary N) is 1. The maximum Gasteiger partial charge on any atom is 0.0488 e. The molecule has 1 aliphatic carbocycles. The first kappa shape index (κ1) is 14.3. The van der Waals surface area contributed by atoms with Crippen molar-refractivity contribution in [3.63, 3.8) is 0 Å². The Kier molecular flexibility index (Phi) is 5.04. The molecule has 18 heavy (non-hydrogen) atoms. The van der Waals surface area contributed by atoms with E-state index in [1.807, 2.05) is 0 Å². The Morgan fingerprint density at radius 2 is 1.89 bits per heavy atom. The fourth-order valence-corrected chi connectivity index (χ4v) is 4.05. The molecule has 3 atom stereocenters. The average molecular weight is 358 g/mol. The van der Waals surface area contributed by atoms with Crippen molar-refractivity contribution >= 4 is 22.6 Å². The first-order valence-electron chi connectivity index (χ1n) is 6.81. The highest BCUT2D eigenvalue weighted by Crippen LogP contribution is 2.39. The van der Waals surface area contributed by atoms with E-state index < -0.39 is 0 Å². The summed E-state index contributed by atoms with van der Waals surface area (Å²) < 4.78 is 1.28. The fourth-order valence-electron chi connectivity index (χ4n) is 3.49. The lowest BCUT2D eigenvalue weighted by atomic mass is 9.72. The van der Waals surface area contributed by atoms with E-state index in [0.29, 0.717) is 12.0 Å². The van der Waals surface area contributed by atoms with Crippen LogP contribution in [-0.2, 0) is 0 Å². The minimum absolute atomic E-state index is 0.296. The highest BCUT2D eigenvalue weighted by Gasteiger charge is 2.30. The molecular weight excluding hydrogens is 335 g/mol. The SMILES string of the molecule is CC1CC(C)CC(C(NN)c2cccc(I)c2)C1. The van der Waals surface area contributed by atoms with E-state index in [2.05, 4.69) is 66.1 Å². The fraction of sp³-hybridized carbons (Fsp3) is 0.600. The van der Waals surface area contributed by atoms with Crippen LogP contribution in [0.5, 0.6) is 0 Å². The van der Waals surface area contributed by atoms with E-state index in [9.17, 15) is 0 Å². The molecule has 0 amide bonds. The minimum Gasteiger partial charge on any atom is -0.271 e. The molecule has 2 nitrogen and oxygen atoms in total. The quantitative estimate of drug-likeness (QED) is 0.489. The van der Waals surface area contributed by atoms with Crippen LogP contribution in [0.3, 0.4) is 0 Å². The largest absolute Gasteiger partial charge is 0.271 e. The van der Waals surface area contributed by atoms with Crippen LogP contribution in [0.25, 0.3) is 0 Å². The smallest absolute Gasteiger partial charge is 0.0488 e. The van der Waals surface area contributed by atoms with Gasteiger partial charge in [0, 0.05) is 9.61 Å². The standard InChI is InChI=1S/C15H23IN2/c1-10-6-11(2)8-13(7-10)15(18-17)12-4-3-5-14(16)9-12/h3-5,9-11,13,15,18H,6-8,17H2,1-2H3. The van der Waals surface area contributed by atoms with E-state index in [1.54, 1.807) is 0 Å². The molecule has 0 aliphatic heterocycles. The second kappa shape index (κ2) is 6.35. The van der Waals surface area contributed by atoms with Crippen LogP contribution in [0.15, 0.2) is 24.3 Å². The molecule has 3 heteroatoms. The highest BCUT2D eigenvalue weighted by atomic mass is 127. The number of halogens is 1. The molecule has 2 rings (SSSR count). The summed E-state index contributed by atoms with van der Waals surface area (Å²) in [5.74, 6) is 8.12. The number of benzene rings is 1. The van der Waals surface area contributed by atoms with Crippen LogP contribution in [0.1, 0.15) is 44.7 Å². The third-order valence-corrected chi connectivity index (χ3v) is 4.74. The second-order valence-electron chi connectivity index (χ2n) is 5.88. The van der Waals surface area contributed by atoms with Gasteiger partial charge in [-0.2, -0.15) is 0 Å². The van der Waals surface area contributed by atoms with Crippen molar-refractivity contribution in [1.29, 1.82) is 0 Å². The van der Waals surface area contributed by atoms with Gasteiger partial charge in [-0.15, -0.1) is 0 Å². The Bertz CT molecular complexity index is 384. The monoisotopic (exact) mass is 358 g/mol. The zero-order chi connectivity index (χ0) is 13.1. The number of rotatable bonds is 3. The summed E-state index contributed by atoms with van der Waals surface area (Å²) in [6.07, 6.45) is 3.93. The molecule has 1 aliphatic rings. The summed E-state index contributed by atoms with van der Waals surface area (Å²) in [6, 6.07) is 8.98. The van der Waals surface area contributed by atoms with Crippen molar-refractivity contribution in [2.24, 2.45) is 23.6 Å². The number of hydrogen-bond acceptors (Lipinski definition) is 2. The van der Waals surface area contributed by atoms with Gasteiger partial charge in [0.1, 0.15) is 0 Å². The molecule has 0 saturated heterocycles. The Balaban J connectivity index is 2.17. The molecule has 0 aromatic heterocycles. The topological polar surface area (TPSA) is 38.0 Å². The van der Waals surface area contributed by atoms with Crippen LogP contribution >= 0.6 is 22.6 Å². The van der Waals surface area contributed by atoms with Crippen molar-refractivity contribution in [3.05, 3.63) is 33.4 Å². The summed E-state index contributed by atoms with van der Waals surface area (Å²) in [4.78, 5) is 0. The van der Waals surface area contributed by atoms with Crippen molar-refractivity contribution in [1.82, 2.24) is 5.43 Å². The lowest BCUT2D eigenvalue weighted by Gasteiger charge is -2.36. The molecule has 1 aromatic carbocycles. The van der Waals surface area contributed by atoms with Gasteiger partial charge >= 0.3 is 0 Å². The maximum atomic E-state index is 5.82. The molecule has 1 fully saturated rings. The molecule has 0 bridgehead atoms. The van der Waals surface area contributed by atoms with Crippen LogP contribution in [0.2, 0.25) is 0 Å². The van der Waals surface area contributed by atoms with Gasteiger partial charge in [-0.25, -0.2) is 0 Å². The molecule has 3 unspecified atom stereocenters. The Morgan fingerprint density at radius 1 is 1.22 bits per heavy atom. The van der Waals surface area contributed by atoms with Crippen molar-refractivity contribution < 1.29 is 0 Å². The lowest BCUT2D eigenvalue weighted by molar-refractivity contribution is 0.177. The summed E-state index contributed by atoms with van der Waals surface area (Å²) in [5.41, 5.74) is 4.38. The van der Waals surface area contributed by atoms with Gasteiger partial charge in [-0.1, -0.05) is 26.0 Å². The summed E-state index contributed by atoms with van der Waals surface area (Å²) in [5, 5.41) is 0. The average Bonchev–Trinajstić information content (AvgIpc) is 2.28. The van der Waals surface area contributed by atoms with Crippen molar-refractivity contribution in [2.75, 3.05) is 0 Å². The minimum atomic E-state index is 0.296. The van der Waals surface area contributed by atoms with Gasteiger partial charge in [0.2, 0.25) is 0 Å². The van der Waals surface area contributed by atoms with E-state index in [0.717, 1.165) is 11.8 Å². The summed E-state index contributed by atoms with van der Waals surface area (Å²) >= 11 is 2.37. The Hall–Kier alpha value is -0.130. The molecule has 0 heterocycles. The third-order valence-electron chi connectivity index (χ3n) is 4.07. The molecule has 1 aromatic rings. The van der Waals surface area contributed by atoms with Gasteiger partial charge in [0.25, 0.3) is 0 Å². The molecule has 0 spiro atoms. The van der Waals surface area contributed by atoms with Crippen LogP contribution in [-0.4, -0.2) is 0 Å². The van der Waals surface area contributed by atoms with Gasteiger partial charge in [-0.05, 0) is 77.3 Å². The van der Waals surface area contributed by atoms with Crippen LogP contribution in [0.4, 0.5) is 0 Å². The molecule has 0 radical (unpaired) electrons. The van der Waals surface area contributed by atoms with Crippen LogP contribution in [0, 0.1) is 21.3 Å². The number of nitrogens with one attached hydrogen (secondary N) is 1. The normalized spacial score (nSPS) is 30.1. The van der Waals surface area contributed by atoms with E-state index in [-0.39, 0.29) is 0 Å². The zero-order valence-corrected chi connectivity index (χ0v) is 13.4. The summed E-state index contributed by atoms with van der Waals surface area (Å²) in [6.45, 7) is 4.73. The van der Waals surface area contributed by atoms with E-state index in [4.69, 9.17) is 5.84 Å². The lowest BCUT2D eigenvalue weighted by Crippen LogP contribution is -2.37. The Labute approximate surface area is 124 Å². The third kappa shape index (κ3) is 3.45. The number of hydrazine groups is 1. The van der Waals surface area contributed by atoms with Crippen molar-refractivity contribution in [2.45, 2.75) is 39.2 Å².